The molecule has 2 rings (SSSR count). The van der Waals surface area contributed by atoms with E-state index >= 15 is 0 Å². The molecule has 4 nitrogen and oxygen atoms in total. The number of rotatable bonds is 2. The van der Waals surface area contributed by atoms with E-state index in [2.05, 4.69) is 10.6 Å². The number of hydrogen-bond donors (Lipinski definition) is 2. The lowest BCUT2D eigenvalue weighted by atomic mass is 10.2. The van der Waals surface area contributed by atoms with Crippen molar-refractivity contribution >= 4 is 17.4 Å². The minimum absolute atomic E-state index is 0.105. The Labute approximate surface area is 109 Å². The number of carbonyl (C=O) groups is 1. The summed E-state index contributed by atoms with van der Waals surface area (Å²) in [5.41, 5.74) is 1.13. The first kappa shape index (κ1) is 12.6. The molecule has 2 N–H and O–H groups in total. The van der Waals surface area contributed by atoms with Crippen LogP contribution < -0.4 is 10.6 Å². The van der Waals surface area contributed by atoms with Crippen LogP contribution in [0.15, 0.2) is 48.5 Å². The summed E-state index contributed by atoms with van der Waals surface area (Å²) in [6, 6.07) is 13.7. The van der Waals surface area contributed by atoms with E-state index in [9.17, 15) is 9.18 Å². The van der Waals surface area contributed by atoms with Gasteiger partial charge < -0.3 is 10.6 Å². The molecule has 0 saturated carbocycles. The molecule has 0 aliphatic heterocycles. The van der Waals surface area contributed by atoms with E-state index in [1.165, 1.54) is 12.1 Å². The first-order valence-electron chi connectivity index (χ1n) is 5.52. The Bertz CT molecular complexity index is 632. The second kappa shape index (κ2) is 5.65. The van der Waals surface area contributed by atoms with Gasteiger partial charge in [-0.05, 0) is 36.4 Å². The lowest BCUT2D eigenvalue weighted by molar-refractivity contribution is 0.262. The van der Waals surface area contributed by atoms with Gasteiger partial charge in [0.15, 0.2) is 0 Å². The summed E-state index contributed by atoms with van der Waals surface area (Å²) in [5.74, 6) is -0.502. The number of hydrogen-bond acceptors (Lipinski definition) is 2. The van der Waals surface area contributed by atoms with Crippen molar-refractivity contribution in [1.82, 2.24) is 0 Å². The van der Waals surface area contributed by atoms with Crippen LogP contribution in [0.1, 0.15) is 5.56 Å². The Morgan fingerprint density at radius 3 is 2.37 bits per heavy atom. The number of halogens is 1. The van der Waals surface area contributed by atoms with Crippen molar-refractivity contribution in [3.8, 4) is 6.07 Å². The fraction of sp³-hybridized carbons (Fsp3) is 0. The largest absolute Gasteiger partial charge is 0.323 e. The molecule has 2 aromatic rings. The van der Waals surface area contributed by atoms with Gasteiger partial charge in [-0.1, -0.05) is 12.1 Å². The molecule has 94 valence electrons. The molecule has 0 aromatic heterocycles. The van der Waals surface area contributed by atoms with Crippen molar-refractivity contribution in [2.75, 3.05) is 10.6 Å². The second-order valence-corrected chi connectivity index (χ2v) is 3.75. The normalized spacial score (nSPS) is 9.47. The molecule has 0 heterocycles. The van der Waals surface area contributed by atoms with Crippen LogP contribution in [-0.2, 0) is 0 Å². The van der Waals surface area contributed by atoms with Crippen LogP contribution in [0.4, 0.5) is 20.6 Å². The second-order valence-electron chi connectivity index (χ2n) is 3.75. The van der Waals surface area contributed by atoms with Crippen molar-refractivity contribution < 1.29 is 9.18 Å². The molecular weight excluding hydrogens is 245 g/mol. The Morgan fingerprint density at radius 1 is 1.05 bits per heavy atom. The Kier molecular flexibility index (Phi) is 3.74. The predicted octanol–water partition coefficient (Wildman–Crippen LogP) is 3.34. The SMILES string of the molecule is N#Cc1ccc(NC(=O)Nc2ccccc2F)cc1. The average molecular weight is 255 g/mol. The maximum Gasteiger partial charge on any atom is 0.323 e. The molecular formula is C14H10FN3O. The Morgan fingerprint density at radius 2 is 1.74 bits per heavy atom. The molecule has 0 aliphatic rings. The number of anilines is 2. The fourth-order valence-electron chi connectivity index (χ4n) is 1.48. The number of urea groups is 1. The smallest absolute Gasteiger partial charge is 0.308 e. The van der Waals surface area contributed by atoms with Gasteiger partial charge in [0.05, 0.1) is 17.3 Å². The third-order valence-corrected chi connectivity index (χ3v) is 2.39. The number of nitriles is 1. The molecule has 0 bridgehead atoms. The zero-order chi connectivity index (χ0) is 13.7. The highest BCUT2D eigenvalue weighted by atomic mass is 19.1. The van der Waals surface area contributed by atoms with Gasteiger partial charge in [0.25, 0.3) is 0 Å². The fourth-order valence-corrected chi connectivity index (χ4v) is 1.48. The number of nitrogens with zero attached hydrogens (tertiary/aromatic N) is 1. The van der Waals surface area contributed by atoms with Gasteiger partial charge in [-0.15, -0.1) is 0 Å². The number of para-hydroxylation sites is 1. The molecule has 0 aliphatic carbocycles. The molecule has 2 aromatic carbocycles. The summed E-state index contributed by atoms with van der Waals surface area (Å²) in [5, 5.41) is 13.6. The lowest BCUT2D eigenvalue weighted by Gasteiger charge is -2.08. The topological polar surface area (TPSA) is 64.9 Å². The first-order valence-corrected chi connectivity index (χ1v) is 5.52. The van der Waals surface area contributed by atoms with Crippen molar-refractivity contribution in [3.05, 3.63) is 59.9 Å². The molecule has 5 heteroatoms. The van der Waals surface area contributed by atoms with E-state index in [4.69, 9.17) is 5.26 Å². The number of amides is 2. The minimum Gasteiger partial charge on any atom is -0.308 e. The van der Waals surface area contributed by atoms with E-state index in [0.717, 1.165) is 0 Å². The zero-order valence-electron chi connectivity index (χ0n) is 9.85. The van der Waals surface area contributed by atoms with Gasteiger partial charge in [0.2, 0.25) is 0 Å². The number of carbonyl (C=O) groups excluding carboxylic acids is 1. The van der Waals surface area contributed by atoms with E-state index in [1.807, 2.05) is 6.07 Å². The monoisotopic (exact) mass is 255 g/mol. The highest BCUT2D eigenvalue weighted by Gasteiger charge is 2.06. The maximum absolute atomic E-state index is 13.3. The minimum atomic E-state index is -0.546. The van der Waals surface area contributed by atoms with Gasteiger partial charge >= 0.3 is 6.03 Å². The summed E-state index contributed by atoms with van der Waals surface area (Å²) in [6.45, 7) is 0. The van der Waals surface area contributed by atoms with Crippen LogP contribution in [-0.4, -0.2) is 6.03 Å². The van der Waals surface area contributed by atoms with Crippen LogP contribution in [0, 0.1) is 17.1 Å². The van der Waals surface area contributed by atoms with Crippen molar-refractivity contribution in [1.29, 1.82) is 5.26 Å². The van der Waals surface area contributed by atoms with E-state index < -0.39 is 11.8 Å². The number of nitrogens with one attached hydrogen (secondary N) is 2. The van der Waals surface area contributed by atoms with Gasteiger partial charge in [0, 0.05) is 5.69 Å². The molecule has 0 atom stereocenters. The predicted molar refractivity (Wildman–Crippen MR) is 70.2 cm³/mol. The Hall–Kier alpha value is -2.87. The molecule has 0 spiro atoms. The summed E-state index contributed by atoms with van der Waals surface area (Å²) >= 11 is 0. The van der Waals surface area contributed by atoms with Gasteiger partial charge in [-0.3, -0.25) is 0 Å². The average Bonchev–Trinajstić information content (AvgIpc) is 2.42. The highest BCUT2D eigenvalue weighted by molar-refractivity contribution is 5.99. The standard InChI is InChI=1S/C14H10FN3O/c15-12-3-1-2-4-13(12)18-14(19)17-11-7-5-10(9-16)6-8-11/h1-8H,(H2,17,18,19). The Balaban J connectivity index is 2.01. The summed E-state index contributed by atoms with van der Waals surface area (Å²) < 4.78 is 13.3. The molecule has 0 unspecified atom stereocenters. The third kappa shape index (κ3) is 3.30. The molecule has 2 amide bonds. The van der Waals surface area contributed by atoms with Crippen LogP contribution >= 0.6 is 0 Å². The molecule has 0 saturated heterocycles. The van der Waals surface area contributed by atoms with Crippen LogP contribution in [0.2, 0.25) is 0 Å². The number of benzene rings is 2. The van der Waals surface area contributed by atoms with Crippen molar-refractivity contribution in [3.63, 3.8) is 0 Å². The third-order valence-electron chi connectivity index (χ3n) is 2.39. The summed E-state index contributed by atoms with van der Waals surface area (Å²) in [4.78, 5) is 11.6. The van der Waals surface area contributed by atoms with Crippen LogP contribution in [0.25, 0.3) is 0 Å². The van der Waals surface area contributed by atoms with Crippen LogP contribution in [0.5, 0.6) is 0 Å². The van der Waals surface area contributed by atoms with E-state index in [1.54, 1.807) is 36.4 Å². The molecule has 0 fully saturated rings. The summed E-state index contributed by atoms with van der Waals surface area (Å²) in [6.07, 6.45) is 0. The quantitative estimate of drug-likeness (QED) is 0.864. The lowest BCUT2D eigenvalue weighted by Crippen LogP contribution is -2.20. The molecule has 19 heavy (non-hydrogen) atoms. The summed E-state index contributed by atoms with van der Waals surface area (Å²) in [7, 11) is 0. The van der Waals surface area contributed by atoms with Gasteiger partial charge in [0.1, 0.15) is 5.82 Å². The van der Waals surface area contributed by atoms with Gasteiger partial charge in [-0.2, -0.15) is 5.26 Å². The van der Waals surface area contributed by atoms with Crippen LogP contribution in [0.3, 0.4) is 0 Å². The van der Waals surface area contributed by atoms with E-state index in [0.29, 0.717) is 11.3 Å². The molecule has 0 radical (unpaired) electrons. The first-order chi connectivity index (χ1) is 9.19. The van der Waals surface area contributed by atoms with Gasteiger partial charge in [-0.25, -0.2) is 9.18 Å². The zero-order valence-corrected chi connectivity index (χ0v) is 9.85. The van der Waals surface area contributed by atoms with E-state index in [-0.39, 0.29) is 5.69 Å². The van der Waals surface area contributed by atoms with Crippen molar-refractivity contribution in [2.24, 2.45) is 0 Å². The maximum atomic E-state index is 13.3. The van der Waals surface area contributed by atoms with Crippen molar-refractivity contribution in [2.45, 2.75) is 0 Å². The highest BCUT2D eigenvalue weighted by Crippen LogP contribution is 2.14.